The number of methoxy groups -OCH3 is 1. The van der Waals surface area contributed by atoms with Crippen LogP contribution in [0, 0.1) is 34.3 Å². The summed E-state index contributed by atoms with van der Waals surface area (Å²) in [5.41, 5.74) is -4.52. The second-order valence-corrected chi connectivity index (χ2v) is 21.0. The number of aliphatic hydroxyl groups excluding tert-OH is 1. The van der Waals surface area contributed by atoms with Crippen LogP contribution in [0.25, 0.3) is 11.3 Å². The van der Waals surface area contributed by atoms with Crippen LogP contribution in [0.3, 0.4) is 0 Å². The molecule has 3 aliphatic rings. The lowest BCUT2D eigenvalue weighted by molar-refractivity contribution is -0.221. The van der Waals surface area contributed by atoms with Crippen molar-refractivity contribution in [3.05, 3.63) is 94.9 Å². The summed E-state index contributed by atoms with van der Waals surface area (Å²) in [6.45, 7) is 1.94. The monoisotopic (exact) mass is 1160 g/mol. The Kier molecular flexibility index (Phi) is 18.8. The molecular weight excluding hydrogens is 1100 g/mol. The van der Waals surface area contributed by atoms with Gasteiger partial charge in [-0.1, -0.05) is 24.0 Å². The number of halogens is 10. The summed E-state index contributed by atoms with van der Waals surface area (Å²) in [4.78, 5) is 65.9. The molecular formula is C52H59F10N11O8. The van der Waals surface area contributed by atoms with E-state index in [2.05, 4.69) is 46.8 Å². The first-order valence-corrected chi connectivity index (χ1v) is 25.3. The van der Waals surface area contributed by atoms with Gasteiger partial charge in [-0.2, -0.15) is 31.4 Å². The summed E-state index contributed by atoms with van der Waals surface area (Å²) in [5, 5.41) is 31.5. The Bertz CT molecular complexity index is 2910. The number of amides is 4. The molecule has 0 aliphatic carbocycles. The maximum atomic E-state index is 16.1. The zero-order valence-electron chi connectivity index (χ0n) is 44.2. The van der Waals surface area contributed by atoms with E-state index in [1.165, 1.54) is 35.6 Å². The number of nitrogens with one attached hydrogen (secondary N) is 4. The normalized spacial score (nSPS) is 18.5. The number of carbonyl (C=O) groups excluding carboxylic acids is 3. The van der Waals surface area contributed by atoms with Gasteiger partial charge in [0.2, 0.25) is 11.9 Å². The molecule has 6 unspecified atom stereocenters. The van der Waals surface area contributed by atoms with Crippen molar-refractivity contribution in [1.82, 2.24) is 51.0 Å². The number of ether oxygens (including phenoxy) is 2. The predicted molar refractivity (Wildman–Crippen MR) is 268 cm³/mol. The molecule has 2 aromatic carbocycles. The number of benzene rings is 2. The summed E-state index contributed by atoms with van der Waals surface area (Å²) in [6, 6.07) is 2.76. The highest BCUT2D eigenvalue weighted by atomic mass is 19.4. The SMILES string of the molecule is COC(=O)NC(C(=O)NC(Cc1ccc(C#Cc2cnc(N3CC4CCC(C3)N4C3COC3)nc2)cc1)C(O)CN(Cc1c(F)cc(-c2ccn(CC(F)F)n2)cc1F)NC(=O)C(NC(=O)O)C(C)(C)C(F)(F)F)C(C)(C)C(F)(F)F. The number of hydrazine groups is 1. The molecule has 0 saturated carbocycles. The van der Waals surface area contributed by atoms with Crippen LogP contribution in [0.4, 0.5) is 59.4 Å². The smallest absolute Gasteiger partial charge is 0.407 e. The summed E-state index contributed by atoms with van der Waals surface area (Å²) in [7, 11) is 0.812. The van der Waals surface area contributed by atoms with E-state index in [1.807, 2.05) is 10.7 Å². The standard InChI is InChI=1S/C52H59F10N11O8/c1-49(2,51(57,58)59)42(67-48(79)80-5)44(75)65-39(16-29-9-6-28(7-10-29)8-11-30-19-63-46(64-20-30)70-21-32-12-13-33(22-70)73(32)34-26-81-27-34)40(74)24-72(69-45(76)43(66-47(77)78)50(3,4)52(60,61)62)23-35-36(53)17-31(18-37(35)54)38-14-15-71(68-38)25-41(55)56/h6-7,9-10,14-15,17-20,32-34,39-43,66,74H,12-13,16,21-27H2,1-5H3,(H,65,75)(H,67,79)(H,69,76)(H,77,78). The second kappa shape index (κ2) is 24.8. The Morgan fingerprint density at radius 2 is 1.38 bits per heavy atom. The van der Waals surface area contributed by atoms with Crippen LogP contribution in [0.2, 0.25) is 0 Å². The Morgan fingerprint density at radius 3 is 1.90 bits per heavy atom. The minimum Gasteiger partial charge on any atom is -0.465 e. The number of carboxylic acid groups (broad SMARTS) is 1. The average Bonchev–Trinajstić information content (AvgIpc) is 4.15. The Balaban J connectivity index is 1.18. The van der Waals surface area contributed by atoms with E-state index in [-0.39, 0.29) is 16.8 Å². The largest absolute Gasteiger partial charge is 0.465 e. The van der Waals surface area contributed by atoms with E-state index in [4.69, 9.17) is 4.74 Å². The number of alkyl carbamates (subject to hydrolysis) is 1. The van der Waals surface area contributed by atoms with Gasteiger partial charge in [-0.15, -0.1) is 0 Å². The van der Waals surface area contributed by atoms with Crippen LogP contribution in [0.1, 0.15) is 62.8 Å². The third kappa shape index (κ3) is 14.6. The number of piperazine rings is 1. The highest BCUT2D eigenvalue weighted by molar-refractivity contribution is 5.87. The average molecular weight is 1160 g/mol. The Labute approximate surface area is 457 Å². The highest BCUT2D eigenvalue weighted by Gasteiger charge is 2.57. The fourth-order valence-electron chi connectivity index (χ4n) is 9.66. The van der Waals surface area contributed by atoms with Crippen molar-refractivity contribution in [2.45, 2.75) is 121 Å². The van der Waals surface area contributed by atoms with Crippen LogP contribution in [0.15, 0.2) is 61.1 Å². The van der Waals surface area contributed by atoms with Crippen molar-refractivity contribution in [2.24, 2.45) is 10.8 Å². The molecule has 6 N–H and O–H groups in total. The zero-order chi connectivity index (χ0) is 59.4. The van der Waals surface area contributed by atoms with Gasteiger partial charge >= 0.3 is 24.5 Å². The molecule has 4 amide bonds. The van der Waals surface area contributed by atoms with Crippen LogP contribution >= 0.6 is 0 Å². The number of rotatable bonds is 20. The predicted octanol–water partition coefficient (Wildman–Crippen LogP) is 5.79. The van der Waals surface area contributed by atoms with Gasteiger partial charge in [0, 0.05) is 73.5 Å². The number of fused-ring (bicyclic) bond motifs is 2. The molecule has 6 atom stereocenters. The van der Waals surface area contributed by atoms with Crippen LogP contribution in [0.5, 0.6) is 0 Å². The molecule has 7 rings (SSSR count). The number of hydrogen-bond donors (Lipinski definition) is 6. The first-order chi connectivity index (χ1) is 37.9. The summed E-state index contributed by atoms with van der Waals surface area (Å²) >= 11 is 0. The lowest BCUT2D eigenvalue weighted by atomic mass is 9.82. The van der Waals surface area contributed by atoms with E-state index in [0.717, 1.165) is 57.1 Å². The van der Waals surface area contributed by atoms with Crippen LogP contribution in [-0.4, -0.2) is 165 Å². The van der Waals surface area contributed by atoms with Gasteiger partial charge in [-0.25, -0.2) is 42.1 Å². The number of nitrogens with zero attached hydrogens (tertiary/aromatic N) is 7. The molecule has 0 radical (unpaired) electrons. The number of alkyl halides is 8. The molecule has 3 aliphatic heterocycles. The molecule has 2 bridgehead atoms. The quantitative estimate of drug-likeness (QED) is 0.0350. The minimum atomic E-state index is -5.28. The fraction of sp³-hybridized carbons (Fsp3) is 0.519. The molecule has 0 spiro atoms. The van der Waals surface area contributed by atoms with Gasteiger partial charge in [0.05, 0.1) is 60.6 Å². The molecule has 3 saturated heterocycles. The number of anilines is 1. The third-order valence-electron chi connectivity index (χ3n) is 14.6. The molecule has 3 fully saturated rings. The van der Waals surface area contributed by atoms with Crippen molar-refractivity contribution >= 4 is 29.9 Å². The Hall–Kier alpha value is -7.29. The van der Waals surface area contributed by atoms with Crippen molar-refractivity contribution in [1.29, 1.82) is 0 Å². The van der Waals surface area contributed by atoms with E-state index in [9.17, 15) is 64.5 Å². The van der Waals surface area contributed by atoms with E-state index < -0.39 is 121 Å². The van der Waals surface area contributed by atoms with E-state index >= 15 is 8.78 Å². The first kappa shape index (κ1) is 61.3. The molecule has 2 aromatic heterocycles. The van der Waals surface area contributed by atoms with E-state index in [1.54, 1.807) is 12.4 Å². The molecule has 5 heterocycles. The van der Waals surface area contributed by atoms with Crippen molar-refractivity contribution < 1.29 is 82.8 Å². The molecule has 19 nitrogen and oxygen atoms in total. The lowest BCUT2D eigenvalue weighted by Gasteiger charge is -2.47. The van der Waals surface area contributed by atoms with E-state index in [0.29, 0.717) is 80.0 Å². The van der Waals surface area contributed by atoms with Crippen LogP contribution in [-0.2, 0) is 38.6 Å². The number of hydrogen-bond acceptors (Lipinski definition) is 13. The van der Waals surface area contributed by atoms with Gasteiger partial charge in [0.15, 0.2) is 0 Å². The molecule has 29 heteroatoms. The minimum absolute atomic E-state index is 0.170. The van der Waals surface area contributed by atoms with Gasteiger partial charge < -0.3 is 40.5 Å². The van der Waals surface area contributed by atoms with Crippen molar-refractivity contribution in [3.8, 4) is 23.1 Å². The maximum absolute atomic E-state index is 16.1. The maximum Gasteiger partial charge on any atom is 0.407 e. The highest BCUT2D eigenvalue weighted by Crippen LogP contribution is 2.42. The van der Waals surface area contributed by atoms with Gasteiger partial charge in [0.1, 0.15) is 30.3 Å². The van der Waals surface area contributed by atoms with Crippen molar-refractivity contribution in [2.75, 3.05) is 44.9 Å². The van der Waals surface area contributed by atoms with Gasteiger partial charge in [-0.05, 0) is 82.9 Å². The summed E-state index contributed by atoms with van der Waals surface area (Å²) in [5.74, 6) is 0.354. The summed E-state index contributed by atoms with van der Waals surface area (Å²) < 4.78 is 156. The van der Waals surface area contributed by atoms with Gasteiger partial charge in [-0.3, -0.25) is 24.6 Å². The van der Waals surface area contributed by atoms with Crippen LogP contribution < -0.4 is 26.3 Å². The van der Waals surface area contributed by atoms with Gasteiger partial charge in [0.25, 0.3) is 12.3 Å². The molecule has 4 aromatic rings. The third-order valence-corrected chi connectivity index (χ3v) is 14.6. The Morgan fingerprint density at radius 1 is 0.815 bits per heavy atom. The number of aliphatic hydroxyl groups is 1. The summed E-state index contributed by atoms with van der Waals surface area (Å²) in [6.07, 6.45) is -13.1. The first-order valence-electron chi connectivity index (χ1n) is 25.3. The number of carbonyl (C=O) groups is 4. The second-order valence-electron chi connectivity index (χ2n) is 21.0. The molecule has 440 valence electrons. The lowest BCUT2D eigenvalue weighted by Crippen LogP contribution is -2.63. The topological polar surface area (TPSA) is 229 Å². The zero-order valence-corrected chi connectivity index (χ0v) is 44.2. The molecule has 81 heavy (non-hydrogen) atoms. The van der Waals surface area contributed by atoms with Crippen molar-refractivity contribution in [3.63, 3.8) is 0 Å². The fourth-order valence-corrected chi connectivity index (χ4v) is 9.66. The number of aromatic nitrogens is 4.